The van der Waals surface area contributed by atoms with Gasteiger partial charge < -0.3 is 9.84 Å². The van der Waals surface area contributed by atoms with E-state index < -0.39 is 6.10 Å². The molecule has 0 aromatic heterocycles. The third-order valence-corrected chi connectivity index (χ3v) is 4.28. The summed E-state index contributed by atoms with van der Waals surface area (Å²) >= 11 is 15.4. The van der Waals surface area contributed by atoms with Crippen molar-refractivity contribution in [3.63, 3.8) is 0 Å². The van der Waals surface area contributed by atoms with Gasteiger partial charge in [-0.15, -0.1) is 0 Å². The Balaban J connectivity index is 2.48. The molecule has 2 rings (SSSR count). The van der Waals surface area contributed by atoms with E-state index in [2.05, 4.69) is 15.9 Å². The second kappa shape index (κ2) is 6.67. The van der Waals surface area contributed by atoms with Gasteiger partial charge in [-0.2, -0.15) is 5.26 Å². The van der Waals surface area contributed by atoms with E-state index in [1.165, 1.54) is 0 Å². The molecule has 0 radical (unpaired) electrons. The lowest BCUT2D eigenvalue weighted by Gasteiger charge is -2.15. The summed E-state index contributed by atoms with van der Waals surface area (Å²) in [5.41, 5.74) is 0.984. The van der Waals surface area contributed by atoms with E-state index in [-0.39, 0.29) is 0 Å². The Morgan fingerprint density at radius 3 is 2.52 bits per heavy atom. The first kappa shape index (κ1) is 16.1. The molecule has 108 valence electrons. The maximum absolute atomic E-state index is 9.78. The highest BCUT2D eigenvalue weighted by Gasteiger charge is 2.14. The van der Waals surface area contributed by atoms with E-state index >= 15 is 0 Å². The van der Waals surface area contributed by atoms with Crippen molar-refractivity contribution >= 4 is 39.1 Å². The van der Waals surface area contributed by atoms with Crippen molar-refractivity contribution in [1.29, 1.82) is 5.26 Å². The Labute approximate surface area is 140 Å². The van der Waals surface area contributed by atoms with Crippen LogP contribution in [0.2, 0.25) is 10.0 Å². The summed E-state index contributed by atoms with van der Waals surface area (Å²) in [6.45, 7) is 1.62. The second-order valence-electron chi connectivity index (χ2n) is 4.34. The predicted molar refractivity (Wildman–Crippen MR) is 86.0 cm³/mol. The van der Waals surface area contributed by atoms with Gasteiger partial charge in [-0.3, -0.25) is 0 Å². The summed E-state index contributed by atoms with van der Waals surface area (Å²) < 4.78 is 6.39. The normalized spacial score (nSPS) is 11.8. The second-order valence-corrected chi connectivity index (χ2v) is 6.01. The lowest BCUT2D eigenvalue weighted by molar-refractivity contribution is 0.195. The van der Waals surface area contributed by atoms with E-state index in [1.807, 2.05) is 6.07 Å². The SMILES string of the molecule is C[C@H](O)c1ccc(C#N)cc1Oc1cc(Cl)c(Br)cc1Cl. The summed E-state index contributed by atoms with van der Waals surface area (Å²) in [5, 5.41) is 19.6. The summed E-state index contributed by atoms with van der Waals surface area (Å²) in [4.78, 5) is 0. The average Bonchev–Trinajstić information content (AvgIpc) is 2.44. The molecule has 0 bridgehead atoms. The topological polar surface area (TPSA) is 53.2 Å². The zero-order chi connectivity index (χ0) is 15.6. The minimum atomic E-state index is -0.738. The van der Waals surface area contributed by atoms with Gasteiger partial charge in [0.05, 0.1) is 27.8 Å². The number of hydrogen-bond donors (Lipinski definition) is 1. The predicted octanol–water partition coefficient (Wildman–Crippen LogP) is 5.47. The molecular formula is C15H10BrCl2NO2. The van der Waals surface area contributed by atoms with Crippen LogP contribution in [0.1, 0.15) is 24.2 Å². The van der Waals surface area contributed by atoms with Crippen molar-refractivity contribution in [2.75, 3.05) is 0 Å². The van der Waals surface area contributed by atoms with Gasteiger partial charge in [-0.1, -0.05) is 29.3 Å². The van der Waals surface area contributed by atoms with Crippen LogP contribution in [0, 0.1) is 11.3 Å². The van der Waals surface area contributed by atoms with Gasteiger partial charge in [-0.25, -0.2) is 0 Å². The number of benzene rings is 2. The summed E-state index contributed by atoms with van der Waals surface area (Å²) in [6, 6.07) is 10.0. The van der Waals surface area contributed by atoms with Crippen molar-refractivity contribution in [1.82, 2.24) is 0 Å². The first-order valence-electron chi connectivity index (χ1n) is 5.97. The number of hydrogen-bond acceptors (Lipinski definition) is 3. The van der Waals surface area contributed by atoms with Crippen molar-refractivity contribution in [2.45, 2.75) is 13.0 Å². The minimum Gasteiger partial charge on any atom is -0.455 e. The third kappa shape index (κ3) is 3.69. The molecule has 0 heterocycles. The Hall–Kier alpha value is -1.25. The van der Waals surface area contributed by atoms with Crippen LogP contribution in [0.5, 0.6) is 11.5 Å². The fraction of sp³-hybridized carbons (Fsp3) is 0.133. The van der Waals surface area contributed by atoms with Crippen molar-refractivity contribution in [3.8, 4) is 17.6 Å². The summed E-state index contributed by atoms with van der Waals surface area (Å²) in [6.07, 6.45) is -0.738. The maximum Gasteiger partial charge on any atom is 0.147 e. The molecule has 0 aliphatic heterocycles. The van der Waals surface area contributed by atoms with Crippen LogP contribution in [-0.2, 0) is 0 Å². The molecule has 3 nitrogen and oxygen atoms in total. The molecule has 0 aliphatic rings. The molecule has 0 unspecified atom stereocenters. The number of nitrogens with zero attached hydrogens (tertiary/aromatic N) is 1. The first-order chi connectivity index (χ1) is 9.92. The summed E-state index contributed by atoms with van der Waals surface area (Å²) in [5.74, 6) is 0.714. The molecule has 2 aromatic rings. The molecule has 1 atom stereocenters. The molecule has 2 aromatic carbocycles. The van der Waals surface area contributed by atoms with Crippen LogP contribution in [0.25, 0.3) is 0 Å². The van der Waals surface area contributed by atoms with E-state index in [9.17, 15) is 5.11 Å². The highest BCUT2D eigenvalue weighted by atomic mass is 79.9. The summed E-state index contributed by atoms with van der Waals surface area (Å²) in [7, 11) is 0. The largest absolute Gasteiger partial charge is 0.455 e. The van der Waals surface area contributed by atoms with Gasteiger partial charge in [-0.05, 0) is 41.1 Å². The van der Waals surface area contributed by atoms with Crippen LogP contribution >= 0.6 is 39.1 Å². The number of ether oxygens (including phenoxy) is 1. The molecule has 1 N–H and O–H groups in total. The van der Waals surface area contributed by atoms with E-state index in [0.29, 0.717) is 37.1 Å². The quantitative estimate of drug-likeness (QED) is 0.711. The number of nitriles is 1. The zero-order valence-electron chi connectivity index (χ0n) is 10.9. The molecule has 6 heteroatoms. The number of rotatable bonds is 3. The smallest absolute Gasteiger partial charge is 0.147 e. The highest BCUT2D eigenvalue weighted by molar-refractivity contribution is 9.10. The molecule has 0 saturated carbocycles. The molecule has 0 spiro atoms. The third-order valence-electron chi connectivity index (χ3n) is 2.79. The van der Waals surface area contributed by atoms with Crippen LogP contribution < -0.4 is 4.74 Å². The maximum atomic E-state index is 9.78. The molecule has 0 fully saturated rings. The van der Waals surface area contributed by atoms with Gasteiger partial charge in [0, 0.05) is 16.1 Å². The Morgan fingerprint density at radius 2 is 1.90 bits per heavy atom. The molecule has 0 amide bonds. The van der Waals surface area contributed by atoms with E-state index in [4.69, 9.17) is 33.2 Å². The number of halogens is 3. The van der Waals surface area contributed by atoms with Crippen LogP contribution in [-0.4, -0.2) is 5.11 Å². The van der Waals surface area contributed by atoms with Crippen molar-refractivity contribution < 1.29 is 9.84 Å². The Bertz CT molecular complexity index is 726. The van der Waals surface area contributed by atoms with Gasteiger partial charge in [0.2, 0.25) is 0 Å². The van der Waals surface area contributed by atoms with Gasteiger partial charge in [0.15, 0.2) is 0 Å². The van der Waals surface area contributed by atoms with E-state index in [1.54, 1.807) is 37.3 Å². The first-order valence-corrected chi connectivity index (χ1v) is 7.51. The molecule has 21 heavy (non-hydrogen) atoms. The molecule has 0 saturated heterocycles. The molecular weight excluding hydrogens is 377 g/mol. The molecule has 0 aliphatic carbocycles. The van der Waals surface area contributed by atoms with E-state index in [0.717, 1.165) is 0 Å². The Morgan fingerprint density at radius 1 is 1.19 bits per heavy atom. The monoisotopic (exact) mass is 385 g/mol. The van der Waals surface area contributed by atoms with Gasteiger partial charge >= 0.3 is 0 Å². The minimum absolute atomic E-state index is 0.349. The van der Waals surface area contributed by atoms with Crippen molar-refractivity contribution in [2.24, 2.45) is 0 Å². The van der Waals surface area contributed by atoms with Crippen molar-refractivity contribution in [3.05, 3.63) is 56.0 Å². The lowest BCUT2D eigenvalue weighted by Crippen LogP contribution is -1.97. The fourth-order valence-electron chi connectivity index (χ4n) is 1.74. The number of aliphatic hydroxyl groups is 1. The standard InChI is InChI=1S/C15H10BrCl2NO2/c1-8(20)10-3-2-9(7-19)4-14(10)21-15-6-12(17)11(16)5-13(15)18/h2-6,8,20H,1H3/t8-/m0/s1. The highest BCUT2D eigenvalue weighted by Crippen LogP contribution is 2.38. The fourth-order valence-corrected chi connectivity index (χ4v) is 2.57. The van der Waals surface area contributed by atoms with Crippen LogP contribution in [0.15, 0.2) is 34.8 Å². The Kier molecular flexibility index (Phi) is 5.13. The lowest BCUT2D eigenvalue weighted by atomic mass is 10.1. The van der Waals surface area contributed by atoms with Gasteiger partial charge in [0.25, 0.3) is 0 Å². The van der Waals surface area contributed by atoms with Gasteiger partial charge in [0.1, 0.15) is 11.5 Å². The van der Waals surface area contributed by atoms with Crippen LogP contribution in [0.3, 0.4) is 0 Å². The van der Waals surface area contributed by atoms with Crippen LogP contribution in [0.4, 0.5) is 0 Å². The zero-order valence-corrected chi connectivity index (χ0v) is 14.0. The number of aliphatic hydroxyl groups excluding tert-OH is 1. The average molecular weight is 387 g/mol.